The fourth-order valence-electron chi connectivity index (χ4n) is 3.57. The molecule has 0 radical (unpaired) electrons. The van der Waals surface area contributed by atoms with Crippen molar-refractivity contribution < 1.29 is 14.3 Å². The van der Waals surface area contributed by atoms with Crippen molar-refractivity contribution in [3.05, 3.63) is 35.4 Å². The molecule has 2 atom stereocenters. The molecule has 1 saturated heterocycles. The number of aromatic nitrogens is 4. The van der Waals surface area contributed by atoms with Crippen LogP contribution in [0.25, 0.3) is 0 Å². The zero-order chi connectivity index (χ0) is 18.8. The molecule has 1 aliphatic heterocycles. The number of carbonyl (C=O) groups is 2. The van der Waals surface area contributed by atoms with Crippen LogP contribution in [0.4, 0.5) is 0 Å². The van der Waals surface area contributed by atoms with Gasteiger partial charge in [-0.2, -0.15) is 10.2 Å². The summed E-state index contributed by atoms with van der Waals surface area (Å²) in [5, 5.41) is 8.54. The van der Waals surface area contributed by atoms with Gasteiger partial charge in [0.1, 0.15) is 6.61 Å². The molecule has 8 heteroatoms. The second kappa shape index (κ2) is 7.31. The van der Waals surface area contributed by atoms with E-state index in [0.29, 0.717) is 19.4 Å². The van der Waals surface area contributed by atoms with Crippen LogP contribution >= 0.6 is 0 Å². The number of amides is 1. The summed E-state index contributed by atoms with van der Waals surface area (Å²) in [4.78, 5) is 26.5. The Balaban J connectivity index is 1.67. The summed E-state index contributed by atoms with van der Waals surface area (Å²) >= 11 is 0. The highest BCUT2D eigenvalue weighted by Crippen LogP contribution is 2.36. The number of likely N-dealkylation sites (tertiary alicyclic amines) is 1. The van der Waals surface area contributed by atoms with Crippen LogP contribution in [-0.4, -0.2) is 50.0 Å². The lowest BCUT2D eigenvalue weighted by molar-refractivity contribution is -0.156. The molecule has 2 aromatic heterocycles. The predicted octanol–water partition coefficient (Wildman–Crippen LogP) is 1.39. The standard InChI is InChI=1S/C18H25N5O3/c1-12-9-13(2)23(20-12)7-8-26-18(25)15-5-6-16(24)22(4)17(15)14-10-19-21(3)11-14/h9-11,15,17H,5-8H2,1-4H3. The zero-order valence-corrected chi connectivity index (χ0v) is 15.7. The largest absolute Gasteiger partial charge is 0.463 e. The molecule has 1 amide bonds. The molecule has 0 spiro atoms. The molecule has 0 aromatic carbocycles. The van der Waals surface area contributed by atoms with Crippen LogP contribution in [0.2, 0.25) is 0 Å². The Labute approximate surface area is 152 Å². The Morgan fingerprint density at radius 3 is 2.73 bits per heavy atom. The molecule has 0 N–H and O–H groups in total. The van der Waals surface area contributed by atoms with Crippen LogP contribution in [0, 0.1) is 19.8 Å². The van der Waals surface area contributed by atoms with E-state index < -0.39 is 0 Å². The number of aryl methyl sites for hydroxylation is 3. The number of hydrogen-bond donors (Lipinski definition) is 0. The van der Waals surface area contributed by atoms with Gasteiger partial charge < -0.3 is 9.64 Å². The molecule has 1 aliphatic rings. The Morgan fingerprint density at radius 2 is 2.12 bits per heavy atom. The monoisotopic (exact) mass is 359 g/mol. The predicted molar refractivity (Wildman–Crippen MR) is 94.1 cm³/mol. The summed E-state index contributed by atoms with van der Waals surface area (Å²) in [6.07, 6.45) is 4.39. The van der Waals surface area contributed by atoms with Crippen LogP contribution in [0.1, 0.15) is 35.8 Å². The molecule has 0 bridgehead atoms. The SMILES string of the molecule is Cc1cc(C)n(CCOC(=O)C2CCC(=O)N(C)C2c2cnn(C)c2)n1. The van der Waals surface area contributed by atoms with Crippen molar-refractivity contribution in [3.63, 3.8) is 0 Å². The third-order valence-electron chi connectivity index (χ3n) is 4.88. The average molecular weight is 359 g/mol. The smallest absolute Gasteiger partial charge is 0.311 e. The maximum atomic E-state index is 12.7. The maximum Gasteiger partial charge on any atom is 0.311 e. The number of carbonyl (C=O) groups excluding carboxylic acids is 2. The van der Waals surface area contributed by atoms with E-state index >= 15 is 0 Å². The summed E-state index contributed by atoms with van der Waals surface area (Å²) in [6.45, 7) is 4.68. The van der Waals surface area contributed by atoms with Crippen molar-refractivity contribution >= 4 is 11.9 Å². The molecule has 8 nitrogen and oxygen atoms in total. The van der Waals surface area contributed by atoms with Crippen LogP contribution in [-0.2, 0) is 27.9 Å². The Bertz CT molecular complexity index is 810. The topological polar surface area (TPSA) is 82.3 Å². The van der Waals surface area contributed by atoms with Crippen molar-refractivity contribution in [1.29, 1.82) is 0 Å². The third kappa shape index (κ3) is 3.63. The van der Waals surface area contributed by atoms with Gasteiger partial charge in [-0.15, -0.1) is 0 Å². The van der Waals surface area contributed by atoms with Crippen LogP contribution in [0.3, 0.4) is 0 Å². The van der Waals surface area contributed by atoms with Gasteiger partial charge in [-0.3, -0.25) is 19.0 Å². The summed E-state index contributed by atoms with van der Waals surface area (Å²) in [5.74, 6) is -0.632. The number of rotatable bonds is 5. The lowest BCUT2D eigenvalue weighted by atomic mass is 9.86. The van der Waals surface area contributed by atoms with Crippen molar-refractivity contribution in [2.75, 3.05) is 13.7 Å². The molecule has 2 unspecified atom stereocenters. The zero-order valence-electron chi connectivity index (χ0n) is 15.7. The Hall–Kier alpha value is -2.64. The van der Waals surface area contributed by atoms with Gasteiger partial charge >= 0.3 is 5.97 Å². The molecule has 2 aromatic rings. The summed E-state index contributed by atoms with van der Waals surface area (Å²) in [5.41, 5.74) is 2.83. The van der Waals surface area contributed by atoms with E-state index in [0.717, 1.165) is 17.0 Å². The lowest BCUT2D eigenvalue weighted by Crippen LogP contribution is -2.43. The van der Waals surface area contributed by atoms with Gasteiger partial charge in [-0.1, -0.05) is 0 Å². The molecular weight excluding hydrogens is 334 g/mol. The van der Waals surface area contributed by atoms with E-state index in [-0.39, 0.29) is 30.4 Å². The summed E-state index contributed by atoms with van der Waals surface area (Å²) in [6, 6.07) is 1.65. The molecule has 26 heavy (non-hydrogen) atoms. The first-order chi connectivity index (χ1) is 12.4. The molecule has 0 aliphatic carbocycles. The molecule has 3 rings (SSSR count). The van der Waals surface area contributed by atoms with Gasteiger partial charge in [-0.05, 0) is 26.3 Å². The summed E-state index contributed by atoms with van der Waals surface area (Å²) < 4.78 is 9.03. The van der Waals surface area contributed by atoms with Crippen molar-refractivity contribution in [2.45, 2.75) is 39.3 Å². The second-order valence-electron chi connectivity index (χ2n) is 6.86. The van der Waals surface area contributed by atoms with Gasteiger partial charge in [0.05, 0.1) is 30.4 Å². The van der Waals surface area contributed by atoms with Crippen molar-refractivity contribution in [2.24, 2.45) is 13.0 Å². The highest BCUT2D eigenvalue weighted by Gasteiger charge is 2.40. The normalized spacial score (nSPS) is 20.5. The molecule has 1 fully saturated rings. The second-order valence-corrected chi connectivity index (χ2v) is 6.86. The maximum absolute atomic E-state index is 12.7. The minimum absolute atomic E-state index is 0.0329. The number of ether oxygens (including phenoxy) is 1. The minimum Gasteiger partial charge on any atom is -0.463 e. The van der Waals surface area contributed by atoms with Gasteiger partial charge in [0, 0.05) is 38.0 Å². The third-order valence-corrected chi connectivity index (χ3v) is 4.88. The van der Waals surface area contributed by atoms with Gasteiger partial charge in [0.15, 0.2) is 0 Å². The molecular formula is C18H25N5O3. The fourth-order valence-corrected chi connectivity index (χ4v) is 3.57. The van der Waals surface area contributed by atoms with Crippen molar-refractivity contribution in [3.8, 4) is 0 Å². The van der Waals surface area contributed by atoms with E-state index in [2.05, 4.69) is 10.2 Å². The summed E-state index contributed by atoms with van der Waals surface area (Å²) in [7, 11) is 3.55. The highest BCUT2D eigenvalue weighted by atomic mass is 16.5. The fraction of sp³-hybridized carbons (Fsp3) is 0.556. The first kappa shape index (κ1) is 18.2. The Kier molecular flexibility index (Phi) is 5.11. The molecule has 3 heterocycles. The first-order valence-corrected chi connectivity index (χ1v) is 8.78. The van der Waals surface area contributed by atoms with Crippen LogP contribution in [0.15, 0.2) is 18.5 Å². The van der Waals surface area contributed by atoms with E-state index in [9.17, 15) is 9.59 Å². The lowest BCUT2D eigenvalue weighted by Gasteiger charge is -2.37. The number of esters is 1. The Morgan fingerprint density at radius 1 is 1.35 bits per heavy atom. The van der Waals surface area contributed by atoms with E-state index in [1.165, 1.54) is 0 Å². The number of nitrogens with zero attached hydrogens (tertiary/aromatic N) is 5. The molecule has 0 saturated carbocycles. The van der Waals surface area contributed by atoms with E-state index in [4.69, 9.17) is 4.74 Å². The first-order valence-electron chi connectivity index (χ1n) is 8.78. The van der Waals surface area contributed by atoms with Gasteiger partial charge in [-0.25, -0.2) is 0 Å². The highest BCUT2D eigenvalue weighted by molar-refractivity contribution is 5.82. The number of hydrogen-bond acceptors (Lipinski definition) is 5. The van der Waals surface area contributed by atoms with Crippen LogP contribution in [0.5, 0.6) is 0 Å². The quantitative estimate of drug-likeness (QED) is 0.754. The van der Waals surface area contributed by atoms with Crippen molar-refractivity contribution in [1.82, 2.24) is 24.5 Å². The minimum atomic E-state index is -0.387. The average Bonchev–Trinajstić information content (AvgIpc) is 3.15. The van der Waals surface area contributed by atoms with E-state index in [1.807, 2.05) is 37.8 Å². The number of piperidine rings is 1. The van der Waals surface area contributed by atoms with Gasteiger partial charge in [0.25, 0.3) is 0 Å². The van der Waals surface area contributed by atoms with E-state index in [1.54, 1.807) is 22.8 Å². The molecule has 140 valence electrons. The van der Waals surface area contributed by atoms with Gasteiger partial charge in [0.2, 0.25) is 5.91 Å². The van der Waals surface area contributed by atoms with Crippen LogP contribution < -0.4 is 0 Å².